The molecule has 0 saturated heterocycles. The van der Waals surface area contributed by atoms with E-state index in [2.05, 4.69) is 21.9 Å². The largest absolute Gasteiger partial charge is 0.494 e. The molecule has 1 heterocycles. The Morgan fingerprint density at radius 2 is 2.02 bits per heavy atom. The van der Waals surface area contributed by atoms with E-state index in [-0.39, 0.29) is 25.5 Å². The average molecular weight is 574 g/mol. The quantitative estimate of drug-likeness (QED) is 0.0793. The van der Waals surface area contributed by atoms with Crippen LogP contribution < -0.4 is 10.1 Å². The molecule has 41 heavy (non-hydrogen) atoms. The molecule has 0 saturated carbocycles. The van der Waals surface area contributed by atoms with Gasteiger partial charge in [0.15, 0.2) is 11.6 Å². The summed E-state index contributed by atoms with van der Waals surface area (Å²) in [6, 6.07) is 22.1. The highest BCUT2D eigenvalue weighted by Crippen LogP contribution is 2.44. The average Bonchev–Trinajstić information content (AvgIpc) is 3.37. The highest BCUT2D eigenvalue weighted by Gasteiger charge is 2.52. The van der Waals surface area contributed by atoms with Crippen LogP contribution in [0, 0.1) is 0 Å². The summed E-state index contributed by atoms with van der Waals surface area (Å²) in [6.07, 6.45) is 2.19. The summed E-state index contributed by atoms with van der Waals surface area (Å²) >= 11 is 6.13. The van der Waals surface area contributed by atoms with E-state index >= 15 is 0 Å². The highest BCUT2D eigenvalue weighted by atomic mass is 35.5. The Morgan fingerprint density at radius 1 is 1.22 bits per heavy atom. The molecule has 0 aliphatic carbocycles. The fraction of sp³-hybridized carbons (Fsp3) is 0.290. The van der Waals surface area contributed by atoms with E-state index in [9.17, 15) is 4.79 Å². The lowest BCUT2D eigenvalue weighted by molar-refractivity contribution is -0.128. The third-order valence-corrected chi connectivity index (χ3v) is 6.95. The minimum absolute atomic E-state index is 0.0534. The van der Waals surface area contributed by atoms with Gasteiger partial charge in [0.1, 0.15) is 5.75 Å². The summed E-state index contributed by atoms with van der Waals surface area (Å²) in [6.45, 7) is 4.84. The first-order valence-corrected chi connectivity index (χ1v) is 13.7. The van der Waals surface area contributed by atoms with Gasteiger partial charge >= 0.3 is 0 Å². The molecule has 3 aromatic carbocycles. The maximum atomic E-state index is 14.0. The Balaban J connectivity index is 1.68. The van der Waals surface area contributed by atoms with Gasteiger partial charge < -0.3 is 19.9 Å². The lowest BCUT2D eigenvalue weighted by atomic mass is 9.82. The predicted octanol–water partition coefficient (Wildman–Crippen LogP) is 6.10. The number of benzene rings is 3. The van der Waals surface area contributed by atoms with Crippen LogP contribution in [-0.2, 0) is 22.5 Å². The molecular formula is C31H32ClN5O4. The van der Waals surface area contributed by atoms with Gasteiger partial charge in [-0.2, -0.15) is 0 Å². The van der Waals surface area contributed by atoms with Crippen molar-refractivity contribution in [2.75, 3.05) is 19.8 Å². The molecule has 9 nitrogen and oxygen atoms in total. The second-order valence-corrected chi connectivity index (χ2v) is 9.94. The van der Waals surface area contributed by atoms with Crippen LogP contribution >= 0.6 is 11.6 Å². The number of carbonyl (C=O) groups excluding carboxylic acids is 1. The molecule has 10 heteroatoms. The molecule has 1 amide bonds. The van der Waals surface area contributed by atoms with Crippen molar-refractivity contribution in [1.82, 2.24) is 5.32 Å². The fourth-order valence-corrected chi connectivity index (χ4v) is 4.93. The van der Waals surface area contributed by atoms with Gasteiger partial charge in [0.05, 0.1) is 13.2 Å². The smallest absolute Gasteiger partial charge is 0.252 e. The highest BCUT2D eigenvalue weighted by molar-refractivity contribution is 6.30. The maximum Gasteiger partial charge on any atom is 0.252 e. The number of aliphatic hydroxyl groups excluding tert-OH is 1. The van der Waals surface area contributed by atoms with Gasteiger partial charge in [-0.15, -0.1) is 6.58 Å². The van der Waals surface area contributed by atoms with Gasteiger partial charge in [-0.3, -0.25) is 4.79 Å². The molecule has 0 radical (unpaired) electrons. The van der Waals surface area contributed by atoms with Crippen LogP contribution in [0.25, 0.3) is 10.4 Å². The monoisotopic (exact) mass is 573 g/mol. The Morgan fingerprint density at radius 3 is 2.76 bits per heavy atom. The molecule has 0 aromatic heterocycles. The lowest BCUT2D eigenvalue weighted by Crippen LogP contribution is -2.48. The summed E-state index contributed by atoms with van der Waals surface area (Å²) in [5.74, 6) is 0.650. The predicted molar refractivity (Wildman–Crippen MR) is 159 cm³/mol. The van der Waals surface area contributed by atoms with E-state index in [0.29, 0.717) is 53.8 Å². The summed E-state index contributed by atoms with van der Waals surface area (Å²) < 4.78 is 12.1. The molecule has 0 fully saturated rings. The number of hydrogen-bond donors (Lipinski definition) is 2. The van der Waals surface area contributed by atoms with E-state index in [0.717, 1.165) is 11.1 Å². The zero-order chi connectivity index (χ0) is 29.1. The second kappa shape index (κ2) is 14.4. The number of halogens is 1. The van der Waals surface area contributed by atoms with Gasteiger partial charge in [0.25, 0.3) is 5.91 Å². The number of aliphatic imine (C=N–C) groups is 1. The number of hydrogen-bond acceptors (Lipinski definition) is 6. The number of rotatable bonds is 14. The summed E-state index contributed by atoms with van der Waals surface area (Å²) in [4.78, 5) is 21.8. The van der Waals surface area contributed by atoms with Crippen molar-refractivity contribution in [2.24, 2.45) is 10.1 Å². The summed E-state index contributed by atoms with van der Waals surface area (Å²) in [5.41, 5.74) is 10.7. The van der Waals surface area contributed by atoms with Crippen LogP contribution in [0.5, 0.6) is 5.75 Å². The van der Waals surface area contributed by atoms with Crippen LogP contribution in [0.3, 0.4) is 0 Å². The molecule has 1 aliphatic heterocycles. The molecule has 0 bridgehead atoms. The maximum absolute atomic E-state index is 14.0. The number of aliphatic hydroxyl groups is 1. The Labute approximate surface area is 244 Å². The molecular weight excluding hydrogens is 542 g/mol. The normalized spacial score (nSPS) is 17.6. The molecule has 3 aromatic rings. The van der Waals surface area contributed by atoms with E-state index in [1.165, 1.54) is 0 Å². The van der Waals surface area contributed by atoms with Crippen molar-refractivity contribution in [3.05, 3.63) is 123 Å². The van der Waals surface area contributed by atoms with E-state index in [4.69, 9.17) is 36.7 Å². The van der Waals surface area contributed by atoms with Crippen molar-refractivity contribution < 1.29 is 19.4 Å². The van der Waals surface area contributed by atoms with Crippen LogP contribution in [0.2, 0.25) is 5.02 Å². The van der Waals surface area contributed by atoms with Crippen LogP contribution in [0.4, 0.5) is 0 Å². The molecule has 0 unspecified atom stereocenters. The van der Waals surface area contributed by atoms with Gasteiger partial charge in [-0.05, 0) is 65.0 Å². The van der Waals surface area contributed by atoms with Crippen molar-refractivity contribution in [1.29, 1.82) is 0 Å². The Bertz CT molecular complexity index is 1440. The van der Waals surface area contributed by atoms with Crippen LogP contribution in [0.1, 0.15) is 41.2 Å². The third kappa shape index (κ3) is 7.27. The van der Waals surface area contributed by atoms with Crippen molar-refractivity contribution in [2.45, 2.75) is 37.5 Å². The first kappa shape index (κ1) is 29.7. The van der Waals surface area contributed by atoms with Gasteiger partial charge in [0, 0.05) is 41.5 Å². The van der Waals surface area contributed by atoms with Gasteiger partial charge in [-0.1, -0.05) is 59.2 Å². The number of azide groups is 1. The summed E-state index contributed by atoms with van der Waals surface area (Å²) in [5, 5.41) is 16.4. The van der Waals surface area contributed by atoms with E-state index in [1.54, 1.807) is 24.3 Å². The number of amides is 1. The van der Waals surface area contributed by atoms with Gasteiger partial charge in [-0.25, -0.2) is 4.99 Å². The summed E-state index contributed by atoms with van der Waals surface area (Å²) in [7, 11) is 0. The first-order valence-electron chi connectivity index (χ1n) is 13.3. The SMILES string of the molecule is C=CC[C@@]1(C(=O)NCCc2cccc(Cl)c2)N=C(c2ccc(OCCCO)cc2)O[C@@H]1c1ccccc1CN=[N+]=[N-]. The molecule has 2 atom stereocenters. The van der Waals surface area contributed by atoms with Crippen LogP contribution in [0.15, 0.2) is 95.6 Å². The van der Waals surface area contributed by atoms with Crippen LogP contribution in [-0.4, -0.2) is 42.2 Å². The van der Waals surface area contributed by atoms with Gasteiger partial charge in [0.2, 0.25) is 5.90 Å². The molecule has 1 aliphatic rings. The lowest BCUT2D eigenvalue weighted by Gasteiger charge is -2.30. The Hall–Kier alpha value is -4.30. The number of nitrogens with one attached hydrogen (secondary N) is 1. The van der Waals surface area contributed by atoms with E-state index in [1.807, 2.05) is 54.6 Å². The van der Waals surface area contributed by atoms with Crippen molar-refractivity contribution >= 4 is 23.4 Å². The zero-order valence-electron chi connectivity index (χ0n) is 22.6. The molecule has 4 rings (SSSR count). The minimum atomic E-state index is -1.35. The van der Waals surface area contributed by atoms with Crippen molar-refractivity contribution in [3.63, 3.8) is 0 Å². The number of nitrogens with zero attached hydrogens (tertiary/aromatic N) is 4. The second-order valence-electron chi connectivity index (χ2n) is 9.51. The molecule has 2 N–H and O–H groups in total. The third-order valence-electron chi connectivity index (χ3n) is 6.72. The first-order chi connectivity index (χ1) is 20.0. The van der Waals surface area contributed by atoms with Crippen molar-refractivity contribution in [3.8, 4) is 5.75 Å². The van der Waals surface area contributed by atoms with E-state index < -0.39 is 11.6 Å². The molecule has 212 valence electrons. The Kier molecular flexibility index (Phi) is 10.4. The minimum Gasteiger partial charge on any atom is -0.494 e. The number of ether oxygens (including phenoxy) is 2. The zero-order valence-corrected chi connectivity index (χ0v) is 23.3. The molecule has 0 spiro atoms. The standard InChI is InChI=1S/C31H32ClN5O4/c1-2-16-31(30(39)34-17-15-22-7-5-9-25(32)20-22)28(27-10-4-3-8-24(27)21-35-37-33)41-29(36-31)23-11-13-26(14-12-23)40-19-6-18-38/h2-5,7-14,20,28,38H,1,6,15-19,21H2,(H,34,39)/t28-,31-/m1/s1. The number of carbonyl (C=O) groups is 1. The fourth-order valence-electron chi connectivity index (χ4n) is 4.72. The topological polar surface area (TPSA) is 129 Å².